The number of piperidine rings is 1. The standard InChI is InChI=1S/C20H25ClN2O3/c1-2-10-26-19-8-7-16(12-18(19)21)22-20(24)15-5-3-9-23(13-15)14-17-6-4-11-25-17/h4,6-8,11-12,15H,2-3,5,9-10,13-14H2,1H3,(H,22,24). The van der Waals surface area contributed by atoms with Crippen LogP contribution in [0.5, 0.6) is 5.75 Å². The maximum absolute atomic E-state index is 12.6. The van der Waals surface area contributed by atoms with E-state index >= 15 is 0 Å². The average Bonchev–Trinajstić information content (AvgIpc) is 3.14. The number of furan rings is 1. The number of rotatable bonds is 7. The summed E-state index contributed by atoms with van der Waals surface area (Å²) in [5.74, 6) is 1.58. The highest BCUT2D eigenvalue weighted by Gasteiger charge is 2.26. The molecule has 1 aliphatic heterocycles. The molecule has 1 fully saturated rings. The summed E-state index contributed by atoms with van der Waals surface area (Å²) >= 11 is 6.24. The van der Waals surface area contributed by atoms with Crippen molar-refractivity contribution in [2.45, 2.75) is 32.7 Å². The van der Waals surface area contributed by atoms with Crippen LogP contribution >= 0.6 is 11.6 Å². The number of anilines is 1. The average molecular weight is 377 g/mol. The number of carbonyl (C=O) groups excluding carboxylic acids is 1. The molecule has 1 aromatic heterocycles. The van der Waals surface area contributed by atoms with Crippen molar-refractivity contribution in [2.75, 3.05) is 25.0 Å². The monoisotopic (exact) mass is 376 g/mol. The summed E-state index contributed by atoms with van der Waals surface area (Å²) in [7, 11) is 0. The number of benzene rings is 1. The Morgan fingerprint density at radius 1 is 1.42 bits per heavy atom. The first-order chi connectivity index (χ1) is 12.7. The minimum atomic E-state index is -0.0338. The summed E-state index contributed by atoms with van der Waals surface area (Å²) in [6, 6.07) is 9.23. The van der Waals surface area contributed by atoms with Gasteiger partial charge in [-0.05, 0) is 56.1 Å². The van der Waals surface area contributed by atoms with Crippen LogP contribution in [0.1, 0.15) is 31.9 Å². The van der Waals surface area contributed by atoms with E-state index in [1.165, 1.54) is 0 Å². The fraction of sp³-hybridized carbons (Fsp3) is 0.450. The van der Waals surface area contributed by atoms with Gasteiger partial charge >= 0.3 is 0 Å². The van der Waals surface area contributed by atoms with Gasteiger partial charge in [0.25, 0.3) is 0 Å². The van der Waals surface area contributed by atoms with Gasteiger partial charge in [-0.3, -0.25) is 9.69 Å². The Kier molecular flexibility index (Phi) is 6.58. The fourth-order valence-corrected chi connectivity index (χ4v) is 3.42. The molecule has 1 saturated heterocycles. The second-order valence-electron chi connectivity index (χ2n) is 6.64. The van der Waals surface area contributed by atoms with Gasteiger partial charge in [-0.25, -0.2) is 0 Å². The Morgan fingerprint density at radius 2 is 2.31 bits per heavy atom. The van der Waals surface area contributed by atoms with E-state index in [1.54, 1.807) is 18.4 Å². The molecule has 0 aliphatic carbocycles. The molecule has 2 heterocycles. The van der Waals surface area contributed by atoms with Gasteiger partial charge in [0.1, 0.15) is 11.5 Å². The number of ether oxygens (including phenoxy) is 1. The zero-order valence-corrected chi connectivity index (χ0v) is 15.8. The van der Waals surface area contributed by atoms with Crippen molar-refractivity contribution in [3.63, 3.8) is 0 Å². The van der Waals surface area contributed by atoms with Crippen LogP contribution in [0, 0.1) is 5.92 Å². The predicted octanol–water partition coefficient (Wildman–Crippen LogP) is 4.57. The first-order valence-corrected chi connectivity index (χ1v) is 9.51. The van der Waals surface area contributed by atoms with Gasteiger partial charge < -0.3 is 14.5 Å². The molecule has 3 rings (SSSR count). The molecular formula is C20H25ClN2O3. The van der Waals surface area contributed by atoms with Crippen LogP contribution in [0.25, 0.3) is 0 Å². The molecule has 1 unspecified atom stereocenters. The van der Waals surface area contributed by atoms with E-state index in [0.717, 1.165) is 44.7 Å². The van der Waals surface area contributed by atoms with E-state index in [0.29, 0.717) is 23.1 Å². The summed E-state index contributed by atoms with van der Waals surface area (Å²) in [6.07, 6.45) is 4.50. The lowest BCUT2D eigenvalue weighted by Gasteiger charge is -2.31. The highest BCUT2D eigenvalue weighted by atomic mass is 35.5. The van der Waals surface area contributed by atoms with Crippen LogP contribution in [0.15, 0.2) is 41.0 Å². The van der Waals surface area contributed by atoms with Gasteiger partial charge in [0.05, 0.1) is 30.4 Å². The smallest absolute Gasteiger partial charge is 0.228 e. The molecular weight excluding hydrogens is 352 g/mol. The fourth-order valence-electron chi connectivity index (χ4n) is 3.19. The Hall–Kier alpha value is -1.98. The third-order valence-electron chi connectivity index (χ3n) is 4.50. The number of halogens is 1. The van der Waals surface area contributed by atoms with E-state index in [4.69, 9.17) is 20.8 Å². The lowest BCUT2D eigenvalue weighted by Crippen LogP contribution is -2.40. The maximum atomic E-state index is 12.6. The third-order valence-corrected chi connectivity index (χ3v) is 4.79. The quantitative estimate of drug-likeness (QED) is 0.768. The molecule has 140 valence electrons. The van der Waals surface area contributed by atoms with Crippen molar-refractivity contribution < 1.29 is 13.9 Å². The largest absolute Gasteiger partial charge is 0.492 e. The molecule has 0 radical (unpaired) electrons. The van der Waals surface area contributed by atoms with E-state index in [2.05, 4.69) is 10.2 Å². The first-order valence-electron chi connectivity index (χ1n) is 9.13. The minimum absolute atomic E-state index is 0.0338. The number of carbonyl (C=O) groups is 1. The van der Waals surface area contributed by atoms with E-state index in [1.807, 2.05) is 25.1 Å². The van der Waals surface area contributed by atoms with Crippen LogP contribution in [0.2, 0.25) is 5.02 Å². The molecule has 26 heavy (non-hydrogen) atoms. The molecule has 1 aromatic carbocycles. The molecule has 1 atom stereocenters. The number of nitrogens with zero attached hydrogens (tertiary/aromatic N) is 1. The van der Waals surface area contributed by atoms with Gasteiger partial charge in [0, 0.05) is 12.2 Å². The SMILES string of the molecule is CCCOc1ccc(NC(=O)C2CCCN(Cc3ccco3)C2)cc1Cl. The molecule has 2 aromatic rings. The Balaban J connectivity index is 1.56. The van der Waals surface area contributed by atoms with Crippen molar-refractivity contribution >= 4 is 23.2 Å². The van der Waals surface area contributed by atoms with E-state index < -0.39 is 0 Å². The molecule has 0 bridgehead atoms. The molecule has 1 aliphatic rings. The van der Waals surface area contributed by atoms with Crippen molar-refractivity contribution in [3.8, 4) is 5.75 Å². The Bertz CT molecular complexity index is 718. The number of nitrogens with one attached hydrogen (secondary N) is 1. The number of amides is 1. The second-order valence-corrected chi connectivity index (χ2v) is 7.04. The van der Waals surface area contributed by atoms with Crippen molar-refractivity contribution in [1.82, 2.24) is 4.90 Å². The van der Waals surface area contributed by atoms with E-state index in [9.17, 15) is 4.79 Å². The molecule has 1 amide bonds. The van der Waals surface area contributed by atoms with Crippen LogP contribution in [0.4, 0.5) is 5.69 Å². The summed E-state index contributed by atoms with van der Waals surface area (Å²) in [5.41, 5.74) is 0.701. The predicted molar refractivity (Wildman–Crippen MR) is 103 cm³/mol. The lowest BCUT2D eigenvalue weighted by molar-refractivity contribution is -0.121. The van der Waals surface area contributed by atoms with Crippen molar-refractivity contribution in [1.29, 1.82) is 0 Å². The normalized spacial score (nSPS) is 17.8. The molecule has 0 spiro atoms. The van der Waals surface area contributed by atoms with Crippen LogP contribution in [-0.2, 0) is 11.3 Å². The number of hydrogen-bond acceptors (Lipinski definition) is 4. The highest BCUT2D eigenvalue weighted by Crippen LogP contribution is 2.28. The zero-order valence-electron chi connectivity index (χ0n) is 15.0. The minimum Gasteiger partial charge on any atom is -0.492 e. The summed E-state index contributed by atoms with van der Waals surface area (Å²) in [5, 5.41) is 3.50. The molecule has 6 heteroatoms. The number of hydrogen-bond donors (Lipinski definition) is 1. The second kappa shape index (κ2) is 9.10. The van der Waals surface area contributed by atoms with E-state index in [-0.39, 0.29) is 11.8 Å². The third kappa shape index (κ3) is 5.02. The van der Waals surface area contributed by atoms with Gasteiger partial charge in [-0.15, -0.1) is 0 Å². The Morgan fingerprint density at radius 3 is 3.04 bits per heavy atom. The Labute approximate surface area is 159 Å². The van der Waals surface area contributed by atoms with Gasteiger partial charge in [-0.2, -0.15) is 0 Å². The topological polar surface area (TPSA) is 54.7 Å². The first kappa shape index (κ1) is 18.8. The highest BCUT2D eigenvalue weighted by molar-refractivity contribution is 6.32. The van der Waals surface area contributed by atoms with Gasteiger partial charge in [-0.1, -0.05) is 18.5 Å². The van der Waals surface area contributed by atoms with Gasteiger partial charge in [0.2, 0.25) is 5.91 Å². The molecule has 1 N–H and O–H groups in total. The van der Waals surface area contributed by atoms with Crippen LogP contribution < -0.4 is 10.1 Å². The van der Waals surface area contributed by atoms with Gasteiger partial charge in [0.15, 0.2) is 0 Å². The summed E-state index contributed by atoms with van der Waals surface area (Å²) in [4.78, 5) is 14.9. The van der Waals surface area contributed by atoms with Crippen molar-refractivity contribution in [2.24, 2.45) is 5.92 Å². The summed E-state index contributed by atoms with van der Waals surface area (Å²) < 4.78 is 11.0. The summed E-state index contributed by atoms with van der Waals surface area (Å²) in [6.45, 7) is 5.13. The molecule has 5 nitrogen and oxygen atoms in total. The number of likely N-dealkylation sites (tertiary alicyclic amines) is 1. The maximum Gasteiger partial charge on any atom is 0.228 e. The molecule has 0 saturated carbocycles. The lowest BCUT2D eigenvalue weighted by atomic mass is 9.97. The van der Waals surface area contributed by atoms with Crippen LogP contribution in [0.3, 0.4) is 0 Å². The zero-order chi connectivity index (χ0) is 18.4. The van der Waals surface area contributed by atoms with Crippen LogP contribution in [-0.4, -0.2) is 30.5 Å². The van der Waals surface area contributed by atoms with Crippen molar-refractivity contribution in [3.05, 3.63) is 47.4 Å².